The highest BCUT2D eigenvalue weighted by molar-refractivity contribution is 4.69. The molecule has 0 aromatic carbocycles. The lowest BCUT2D eigenvalue weighted by Gasteiger charge is -2.16. The lowest BCUT2D eigenvalue weighted by Crippen LogP contribution is -2.19. The van der Waals surface area contributed by atoms with E-state index in [4.69, 9.17) is 10.3 Å². The van der Waals surface area contributed by atoms with E-state index in [-0.39, 0.29) is 6.04 Å². The van der Waals surface area contributed by atoms with Crippen molar-refractivity contribution in [3.63, 3.8) is 0 Å². The van der Waals surface area contributed by atoms with Gasteiger partial charge in [-0.1, -0.05) is 5.11 Å². The molecular formula is C5H9N3O. The Morgan fingerprint density at radius 1 is 1.67 bits per heavy atom. The van der Waals surface area contributed by atoms with Gasteiger partial charge < -0.3 is 4.74 Å². The summed E-state index contributed by atoms with van der Waals surface area (Å²) in [4.78, 5) is 2.70. The zero-order valence-corrected chi connectivity index (χ0v) is 5.16. The van der Waals surface area contributed by atoms with Gasteiger partial charge in [0, 0.05) is 11.5 Å². The molecule has 0 unspecified atom stereocenters. The minimum absolute atomic E-state index is 0.0868. The van der Waals surface area contributed by atoms with Crippen molar-refractivity contribution >= 4 is 0 Å². The number of nitrogens with zero attached hydrogens (tertiary/aromatic N) is 3. The van der Waals surface area contributed by atoms with Gasteiger partial charge in [-0.15, -0.1) is 0 Å². The molecule has 50 valence electrons. The van der Waals surface area contributed by atoms with Crippen molar-refractivity contribution < 1.29 is 4.74 Å². The van der Waals surface area contributed by atoms with Crippen molar-refractivity contribution in [1.29, 1.82) is 0 Å². The van der Waals surface area contributed by atoms with Gasteiger partial charge in [0.2, 0.25) is 0 Å². The van der Waals surface area contributed by atoms with Gasteiger partial charge in [-0.05, 0) is 18.4 Å². The van der Waals surface area contributed by atoms with Crippen LogP contribution in [0.4, 0.5) is 0 Å². The van der Waals surface area contributed by atoms with E-state index in [0.29, 0.717) is 6.61 Å². The van der Waals surface area contributed by atoms with Crippen LogP contribution in [-0.4, -0.2) is 19.3 Å². The maximum Gasteiger partial charge on any atom is 0.0609 e. The van der Waals surface area contributed by atoms with Gasteiger partial charge in [-0.3, -0.25) is 0 Å². The average Bonchev–Trinajstić information content (AvgIpc) is 1.91. The van der Waals surface area contributed by atoms with Crippen molar-refractivity contribution in [1.82, 2.24) is 0 Å². The predicted octanol–water partition coefficient (Wildman–Crippen LogP) is 1.48. The summed E-state index contributed by atoms with van der Waals surface area (Å²) in [6.45, 7) is 1.42. The zero-order chi connectivity index (χ0) is 6.53. The Balaban J connectivity index is 2.31. The molecule has 1 rings (SSSR count). The highest BCUT2D eigenvalue weighted by Crippen LogP contribution is 2.08. The molecule has 1 atom stereocenters. The van der Waals surface area contributed by atoms with Gasteiger partial charge in [0.1, 0.15) is 0 Å². The molecule has 1 aliphatic heterocycles. The highest BCUT2D eigenvalue weighted by Gasteiger charge is 2.10. The van der Waals surface area contributed by atoms with E-state index in [9.17, 15) is 0 Å². The summed E-state index contributed by atoms with van der Waals surface area (Å²) in [7, 11) is 0. The SMILES string of the molecule is [N-]=[N+]=N[C@H]1CCCOC1. The third kappa shape index (κ3) is 1.91. The topological polar surface area (TPSA) is 58.0 Å². The average molecular weight is 127 g/mol. The second-order valence-electron chi connectivity index (χ2n) is 2.08. The van der Waals surface area contributed by atoms with Crippen molar-refractivity contribution in [2.24, 2.45) is 5.11 Å². The van der Waals surface area contributed by atoms with Crippen LogP contribution in [0.15, 0.2) is 5.11 Å². The van der Waals surface area contributed by atoms with E-state index >= 15 is 0 Å². The van der Waals surface area contributed by atoms with E-state index in [1.54, 1.807) is 0 Å². The fourth-order valence-electron chi connectivity index (χ4n) is 0.888. The van der Waals surface area contributed by atoms with Crippen LogP contribution in [0.5, 0.6) is 0 Å². The van der Waals surface area contributed by atoms with Crippen LogP contribution in [0.3, 0.4) is 0 Å². The number of azide groups is 1. The van der Waals surface area contributed by atoms with Gasteiger partial charge >= 0.3 is 0 Å². The second-order valence-corrected chi connectivity index (χ2v) is 2.08. The van der Waals surface area contributed by atoms with Crippen molar-refractivity contribution in [3.8, 4) is 0 Å². The molecule has 0 aromatic heterocycles. The molecule has 9 heavy (non-hydrogen) atoms. The Morgan fingerprint density at radius 2 is 2.56 bits per heavy atom. The first-order chi connectivity index (χ1) is 4.43. The minimum atomic E-state index is 0.0868. The third-order valence-electron chi connectivity index (χ3n) is 1.35. The normalized spacial score (nSPS) is 26.9. The smallest absolute Gasteiger partial charge is 0.0609 e. The molecule has 1 aliphatic rings. The van der Waals surface area contributed by atoms with E-state index in [2.05, 4.69) is 10.0 Å². The summed E-state index contributed by atoms with van der Waals surface area (Å²) in [5.74, 6) is 0. The highest BCUT2D eigenvalue weighted by atomic mass is 16.5. The molecular weight excluding hydrogens is 118 g/mol. The summed E-state index contributed by atoms with van der Waals surface area (Å²) in [6, 6.07) is 0.0868. The van der Waals surface area contributed by atoms with Gasteiger partial charge in [0.25, 0.3) is 0 Å². The van der Waals surface area contributed by atoms with Crippen molar-refractivity contribution in [2.45, 2.75) is 18.9 Å². The van der Waals surface area contributed by atoms with Gasteiger partial charge in [0.15, 0.2) is 0 Å². The number of hydrogen-bond acceptors (Lipinski definition) is 2. The molecule has 1 fully saturated rings. The minimum Gasteiger partial charge on any atom is -0.381 e. The fourth-order valence-corrected chi connectivity index (χ4v) is 0.888. The van der Waals surface area contributed by atoms with E-state index in [1.165, 1.54) is 0 Å². The molecule has 0 aromatic rings. The first-order valence-electron chi connectivity index (χ1n) is 3.05. The lowest BCUT2D eigenvalue weighted by molar-refractivity contribution is 0.0823. The molecule has 0 N–H and O–H groups in total. The van der Waals surface area contributed by atoms with Gasteiger partial charge in [0.05, 0.1) is 12.6 Å². The number of rotatable bonds is 1. The standard InChI is InChI=1S/C5H9N3O/c6-8-7-5-2-1-3-9-4-5/h5H,1-4H2/t5-/m0/s1. The summed E-state index contributed by atoms with van der Waals surface area (Å²) < 4.78 is 5.07. The Bertz CT molecular complexity index is 124. The van der Waals surface area contributed by atoms with Crippen molar-refractivity contribution in [2.75, 3.05) is 13.2 Å². The Labute approximate surface area is 53.4 Å². The fraction of sp³-hybridized carbons (Fsp3) is 1.00. The third-order valence-corrected chi connectivity index (χ3v) is 1.35. The van der Waals surface area contributed by atoms with E-state index in [1.807, 2.05) is 0 Å². The first-order valence-corrected chi connectivity index (χ1v) is 3.05. The molecule has 4 heteroatoms. The molecule has 0 spiro atoms. The second kappa shape index (κ2) is 3.33. The molecule has 1 saturated heterocycles. The Morgan fingerprint density at radius 3 is 3.11 bits per heavy atom. The molecule has 0 bridgehead atoms. The van der Waals surface area contributed by atoms with Crippen LogP contribution < -0.4 is 0 Å². The van der Waals surface area contributed by atoms with Crippen LogP contribution in [0.1, 0.15) is 12.8 Å². The summed E-state index contributed by atoms with van der Waals surface area (Å²) in [5.41, 5.74) is 8.02. The molecule has 4 nitrogen and oxygen atoms in total. The number of hydrogen-bond donors (Lipinski definition) is 0. The van der Waals surface area contributed by atoms with Crippen LogP contribution in [0, 0.1) is 0 Å². The molecule has 0 radical (unpaired) electrons. The molecule has 0 aliphatic carbocycles. The first kappa shape index (κ1) is 6.39. The predicted molar refractivity (Wildman–Crippen MR) is 33.0 cm³/mol. The maximum absolute atomic E-state index is 8.02. The van der Waals surface area contributed by atoms with Crippen LogP contribution >= 0.6 is 0 Å². The van der Waals surface area contributed by atoms with Crippen LogP contribution in [0.2, 0.25) is 0 Å². The van der Waals surface area contributed by atoms with Gasteiger partial charge in [-0.25, -0.2) is 0 Å². The molecule has 0 amide bonds. The Kier molecular flexibility index (Phi) is 2.36. The summed E-state index contributed by atoms with van der Waals surface area (Å²) in [6.07, 6.45) is 1.99. The van der Waals surface area contributed by atoms with E-state index < -0.39 is 0 Å². The van der Waals surface area contributed by atoms with Gasteiger partial charge in [-0.2, -0.15) is 0 Å². The van der Waals surface area contributed by atoms with Crippen molar-refractivity contribution in [3.05, 3.63) is 10.4 Å². The van der Waals surface area contributed by atoms with Crippen LogP contribution in [-0.2, 0) is 4.74 Å². The van der Waals surface area contributed by atoms with Crippen LogP contribution in [0.25, 0.3) is 10.4 Å². The largest absolute Gasteiger partial charge is 0.381 e. The quantitative estimate of drug-likeness (QED) is 0.299. The Hall–Kier alpha value is -0.730. The lowest BCUT2D eigenvalue weighted by atomic mass is 10.1. The molecule has 1 heterocycles. The zero-order valence-electron chi connectivity index (χ0n) is 5.16. The maximum atomic E-state index is 8.02. The summed E-state index contributed by atoms with van der Waals surface area (Å²) >= 11 is 0. The van der Waals surface area contributed by atoms with E-state index in [0.717, 1.165) is 19.4 Å². The summed E-state index contributed by atoms with van der Waals surface area (Å²) in [5, 5.41) is 3.54. The molecule has 0 saturated carbocycles. The number of ether oxygens (including phenoxy) is 1. The monoisotopic (exact) mass is 127 g/mol.